The van der Waals surface area contributed by atoms with Crippen molar-refractivity contribution in [3.63, 3.8) is 0 Å². The molecule has 1 aromatic carbocycles. The zero-order valence-corrected chi connectivity index (χ0v) is 8.98. The van der Waals surface area contributed by atoms with Crippen LogP contribution in [0, 0.1) is 0 Å². The van der Waals surface area contributed by atoms with Crippen molar-refractivity contribution in [2.45, 2.75) is 19.3 Å². The van der Waals surface area contributed by atoms with E-state index in [0.717, 1.165) is 18.5 Å². The predicted octanol–water partition coefficient (Wildman–Crippen LogP) is 2.71. The molecule has 1 aliphatic carbocycles. The zero-order chi connectivity index (χ0) is 10.8. The van der Waals surface area contributed by atoms with Gasteiger partial charge in [-0.1, -0.05) is 18.2 Å². The summed E-state index contributed by atoms with van der Waals surface area (Å²) in [6, 6.07) is 10.0. The van der Waals surface area contributed by atoms with E-state index in [4.69, 9.17) is 0 Å². The van der Waals surface area contributed by atoms with E-state index in [1.807, 2.05) is 36.5 Å². The molecule has 0 amide bonds. The van der Waals surface area contributed by atoms with Crippen molar-refractivity contribution < 1.29 is 0 Å². The molecule has 2 aromatic rings. The first-order valence-electron chi connectivity index (χ1n) is 5.59. The number of anilines is 2. The van der Waals surface area contributed by atoms with Gasteiger partial charge in [-0.25, -0.2) is 9.97 Å². The van der Waals surface area contributed by atoms with Crippen LogP contribution < -0.4 is 5.32 Å². The molecule has 0 radical (unpaired) electrons. The van der Waals surface area contributed by atoms with Crippen LogP contribution in [-0.4, -0.2) is 9.97 Å². The summed E-state index contributed by atoms with van der Waals surface area (Å²) in [4.78, 5) is 8.85. The maximum atomic E-state index is 4.53. The van der Waals surface area contributed by atoms with Crippen LogP contribution in [0.2, 0.25) is 0 Å². The van der Waals surface area contributed by atoms with Crippen LogP contribution in [0.15, 0.2) is 36.5 Å². The Bertz CT molecular complexity index is 494. The number of aryl methyl sites for hydroxylation is 2. The second-order valence-electron chi connectivity index (χ2n) is 4.01. The molecule has 1 heterocycles. The summed E-state index contributed by atoms with van der Waals surface area (Å²) < 4.78 is 0. The average Bonchev–Trinajstić information content (AvgIpc) is 2.77. The van der Waals surface area contributed by atoms with Gasteiger partial charge < -0.3 is 5.32 Å². The third kappa shape index (κ3) is 1.76. The Labute approximate surface area is 94.6 Å². The number of nitrogens with one attached hydrogen (secondary N) is 1. The molecule has 16 heavy (non-hydrogen) atoms. The monoisotopic (exact) mass is 211 g/mol. The van der Waals surface area contributed by atoms with Gasteiger partial charge in [-0.2, -0.15) is 0 Å². The van der Waals surface area contributed by atoms with Gasteiger partial charge in [0.1, 0.15) is 0 Å². The number of para-hydroxylation sites is 1. The maximum absolute atomic E-state index is 4.53. The summed E-state index contributed by atoms with van der Waals surface area (Å²) >= 11 is 0. The number of hydrogen-bond donors (Lipinski definition) is 1. The van der Waals surface area contributed by atoms with Crippen LogP contribution in [-0.2, 0) is 12.8 Å². The number of fused-ring (bicyclic) bond motifs is 1. The summed E-state index contributed by atoms with van der Waals surface area (Å²) in [7, 11) is 0. The molecule has 1 N–H and O–H groups in total. The van der Waals surface area contributed by atoms with Gasteiger partial charge in [0.2, 0.25) is 5.95 Å². The van der Waals surface area contributed by atoms with E-state index in [2.05, 4.69) is 15.3 Å². The van der Waals surface area contributed by atoms with E-state index in [0.29, 0.717) is 5.95 Å². The maximum Gasteiger partial charge on any atom is 0.227 e. The van der Waals surface area contributed by atoms with E-state index in [1.54, 1.807) is 0 Å². The molecule has 3 heteroatoms. The lowest BCUT2D eigenvalue weighted by atomic mass is 10.3. The van der Waals surface area contributed by atoms with Crippen LogP contribution in [0.5, 0.6) is 0 Å². The van der Waals surface area contributed by atoms with Gasteiger partial charge in [0.15, 0.2) is 0 Å². The lowest BCUT2D eigenvalue weighted by molar-refractivity contribution is 0.900. The summed E-state index contributed by atoms with van der Waals surface area (Å²) in [5.41, 5.74) is 3.53. The molecular weight excluding hydrogens is 198 g/mol. The standard InChI is InChI=1S/C13H13N3/c1-2-6-11(7-3-1)15-13-14-9-10-5-4-8-12(10)16-13/h1-3,6-7,9H,4-5,8H2,(H,14,15,16). The molecule has 0 atom stereocenters. The van der Waals surface area contributed by atoms with Gasteiger partial charge in [-0.15, -0.1) is 0 Å². The highest BCUT2D eigenvalue weighted by molar-refractivity contribution is 5.52. The van der Waals surface area contributed by atoms with Crippen LogP contribution >= 0.6 is 0 Å². The lowest BCUT2D eigenvalue weighted by Crippen LogP contribution is -1.99. The molecular formula is C13H13N3. The average molecular weight is 211 g/mol. The van der Waals surface area contributed by atoms with Crippen molar-refractivity contribution in [1.82, 2.24) is 9.97 Å². The van der Waals surface area contributed by atoms with Crippen molar-refractivity contribution >= 4 is 11.6 Å². The van der Waals surface area contributed by atoms with Gasteiger partial charge >= 0.3 is 0 Å². The molecule has 0 saturated carbocycles. The number of hydrogen-bond acceptors (Lipinski definition) is 3. The molecule has 0 saturated heterocycles. The van der Waals surface area contributed by atoms with E-state index < -0.39 is 0 Å². The molecule has 1 aliphatic rings. The first kappa shape index (κ1) is 9.33. The van der Waals surface area contributed by atoms with E-state index in [-0.39, 0.29) is 0 Å². The van der Waals surface area contributed by atoms with Crippen molar-refractivity contribution in [3.05, 3.63) is 47.8 Å². The molecule has 0 spiro atoms. The predicted molar refractivity (Wildman–Crippen MR) is 63.8 cm³/mol. The Kier molecular flexibility index (Phi) is 2.29. The van der Waals surface area contributed by atoms with E-state index >= 15 is 0 Å². The quantitative estimate of drug-likeness (QED) is 0.830. The first-order chi connectivity index (χ1) is 7.92. The van der Waals surface area contributed by atoms with E-state index in [1.165, 1.54) is 17.7 Å². The number of nitrogens with zero attached hydrogens (tertiary/aromatic N) is 2. The Hall–Kier alpha value is -1.90. The SMILES string of the molecule is c1ccc(Nc2ncc3c(n2)CCC3)cc1. The fraction of sp³-hybridized carbons (Fsp3) is 0.231. The van der Waals surface area contributed by atoms with Crippen molar-refractivity contribution in [2.75, 3.05) is 5.32 Å². The van der Waals surface area contributed by atoms with Gasteiger partial charge in [-0.3, -0.25) is 0 Å². The third-order valence-corrected chi connectivity index (χ3v) is 2.84. The third-order valence-electron chi connectivity index (χ3n) is 2.84. The fourth-order valence-corrected chi connectivity index (χ4v) is 2.02. The molecule has 0 unspecified atom stereocenters. The van der Waals surface area contributed by atoms with Crippen LogP contribution in [0.1, 0.15) is 17.7 Å². The second-order valence-corrected chi connectivity index (χ2v) is 4.01. The first-order valence-corrected chi connectivity index (χ1v) is 5.59. The van der Waals surface area contributed by atoms with Crippen LogP contribution in [0.4, 0.5) is 11.6 Å². The Morgan fingerprint density at radius 3 is 2.81 bits per heavy atom. The molecule has 0 aliphatic heterocycles. The Morgan fingerprint density at radius 2 is 1.94 bits per heavy atom. The summed E-state index contributed by atoms with van der Waals surface area (Å²) in [5, 5.41) is 3.21. The van der Waals surface area contributed by atoms with Gasteiger partial charge in [-0.05, 0) is 37.0 Å². The molecule has 0 bridgehead atoms. The molecule has 3 rings (SSSR count). The van der Waals surface area contributed by atoms with Crippen LogP contribution in [0.3, 0.4) is 0 Å². The van der Waals surface area contributed by atoms with Gasteiger partial charge in [0.25, 0.3) is 0 Å². The zero-order valence-electron chi connectivity index (χ0n) is 8.98. The minimum absolute atomic E-state index is 0.701. The summed E-state index contributed by atoms with van der Waals surface area (Å²) in [5.74, 6) is 0.701. The largest absolute Gasteiger partial charge is 0.324 e. The highest BCUT2D eigenvalue weighted by Gasteiger charge is 2.13. The highest BCUT2D eigenvalue weighted by atomic mass is 15.1. The van der Waals surface area contributed by atoms with Gasteiger partial charge in [0.05, 0.1) is 0 Å². The van der Waals surface area contributed by atoms with Crippen molar-refractivity contribution in [2.24, 2.45) is 0 Å². The summed E-state index contributed by atoms with van der Waals surface area (Å²) in [6.45, 7) is 0. The number of benzene rings is 1. The molecule has 0 fully saturated rings. The number of aromatic nitrogens is 2. The van der Waals surface area contributed by atoms with Crippen molar-refractivity contribution in [3.8, 4) is 0 Å². The lowest BCUT2D eigenvalue weighted by Gasteiger charge is -2.05. The molecule has 1 aromatic heterocycles. The number of rotatable bonds is 2. The summed E-state index contributed by atoms with van der Waals surface area (Å²) in [6.07, 6.45) is 5.36. The minimum atomic E-state index is 0.701. The Balaban J connectivity index is 1.86. The normalized spacial score (nSPS) is 13.5. The topological polar surface area (TPSA) is 37.8 Å². The fourth-order valence-electron chi connectivity index (χ4n) is 2.02. The Morgan fingerprint density at radius 1 is 1.06 bits per heavy atom. The van der Waals surface area contributed by atoms with Crippen molar-refractivity contribution in [1.29, 1.82) is 0 Å². The minimum Gasteiger partial charge on any atom is -0.324 e. The highest BCUT2D eigenvalue weighted by Crippen LogP contribution is 2.21. The molecule has 80 valence electrons. The van der Waals surface area contributed by atoms with Crippen LogP contribution in [0.25, 0.3) is 0 Å². The smallest absolute Gasteiger partial charge is 0.227 e. The molecule has 3 nitrogen and oxygen atoms in total. The van der Waals surface area contributed by atoms with E-state index in [9.17, 15) is 0 Å². The second kappa shape index (κ2) is 3.93. The van der Waals surface area contributed by atoms with Gasteiger partial charge in [0, 0.05) is 17.6 Å².